The Kier molecular flexibility index (Phi) is 3.85. The predicted molar refractivity (Wildman–Crippen MR) is 80.4 cm³/mol. The Morgan fingerprint density at radius 1 is 1.45 bits per heavy atom. The molecular formula is C15H11ClN2O3S. The molecule has 1 saturated carbocycles. The largest absolute Gasteiger partial charge is 0.364 e. The van der Waals surface area contributed by atoms with E-state index < -0.39 is 10.8 Å². The van der Waals surface area contributed by atoms with E-state index in [1.807, 2.05) is 6.07 Å². The molecule has 0 amide bonds. The van der Waals surface area contributed by atoms with Crippen LogP contribution < -0.4 is 0 Å². The summed E-state index contributed by atoms with van der Waals surface area (Å²) >= 11 is 6.19. The fourth-order valence-corrected chi connectivity index (χ4v) is 3.33. The molecule has 1 aromatic carbocycles. The van der Waals surface area contributed by atoms with Crippen LogP contribution in [0.1, 0.15) is 45.9 Å². The Bertz CT molecular complexity index is 834. The first-order chi connectivity index (χ1) is 10.5. The molecule has 0 spiro atoms. The van der Waals surface area contributed by atoms with Gasteiger partial charge in [0.1, 0.15) is 12.3 Å². The van der Waals surface area contributed by atoms with E-state index in [0.717, 1.165) is 12.8 Å². The molecule has 1 aliphatic carbocycles. The molecule has 1 atom stereocenters. The van der Waals surface area contributed by atoms with Gasteiger partial charge in [-0.2, -0.15) is 5.26 Å². The van der Waals surface area contributed by atoms with E-state index in [-0.39, 0.29) is 27.9 Å². The summed E-state index contributed by atoms with van der Waals surface area (Å²) in [5.74, 6) is -0.0765. The zero-order valence-electron chi connectivity index (χ0n) is 11.6. The summed E-state index contributed by atoms with van der Waals surface area (Å²) in [6.45, 7) is 0. The summed E-state index contributed by atoms with van der Waals surface area (Å²) in [7, 11) is -1.36. The average molecular weight is 335 g/mol. The molecule has 0 aliphatic heterocycles. The maximum Gasteiger partial charge on any atom is 0.199 e. The second kappa shape index (κ2) is 5.67. The molecule has 112 valence electrons. The van der Waals surface area contributed by atoms with E-state index in [9.17, 15) is 14.3 Å². The average Bonchev–Trinajstić information content (AvgIpc) is 3.23. The molecule has 5 nitrogen and oxygen atoms in total. The maximum atomic E-state index is 12.7. The summed E-state index contributed by atoms with van der Waals surface area (Å²) in [4.78, 5) is 13.0. The van der Waals surface area contributed by atoms with Crippen molar-refractivity contribution in [1.82, 2.24) is 5.16 Å². The molecule has 0 radical (unpaired) electrons. The highest BCUT2D eigenvalue weighted by molar-refractivity contribution is 7.84. The normalized spacial score (nSPS) is 15.3. The molecule has 1 heterocycles. The maximum absolute atomic E-state index is 12.7. The van der Waals surface area contributed by atoms with E-state index in [0.29, 0.717) is 16.2 Å². The first-order valence-electron chi connectivity index (χ1n) is 6.59. The van der Waals surface area contributed by atoms with Gasteiger partial charge in [0.15, 0.2) is 5.78 Å². The van der Waals surface area contributed by atoms with E-state index in [1.165, 1.54) is 24.7 Å². The lowest BCUT2D eigenvalue weighted by Gasteiger charge is -2.07. The van der Waals surface area contributed by atoms with Gasteiger partial charge in [-0.1, -0.05) is 16.8 Å². The summed E-state index contributed by atoms with van der Waals surface area (Å²) < 4.78 is 16.6. The minimum absolute atomic E-state index is 0.0168. The van der Waals surface area contributed by atoms with Crippen LogP contribution in [0.15, 0.2) is 27.8 Å². The first-order valence-corrected chi connectivity index (χ1v) is 8.53. The third-order valence-corrected chi connectivity index (χ3v) is 4.93. The molecule has 0 N–H and O–H groups in total. The molecule has 1 unspecified atom stereocenters. The topological polar surface area (TPSA) is 84.0 Å². The van der Waals surface area contributed by atoms with E-state index in [1.54, 1.807) is 0 Å². The van der Waals surface area contributed by atoms with Crippen molar-refractivity contribution in [2.45, 2.75) is 23.7 Å². The minimum atomic E-state index is -1.36. The Balaban J connectivity index is 2.08. The number of carbonyl (C=O) groups excluding carboxylic acids is 1. The Morgan fingerprint density at radius 3 is 2.77 bits per heavy atom. The third kappa shape index (κ3) is 2.47. The van der Waals surface area contributed by atoms with Gasteiger partial charge in [0.25, 0.3) is 0 Å². The van der Waals surface area contributed by atoms with Gasteiger partial charge in [-0.15, -0.1) is 0 Å². The van der Waals surface area contributed by atoms with Crippen molar-refractivity contribution in [2.24, 2.45) is 0 Å². The van der Waals surface area contributed by atoms with Crippen LogP contribution >= 0.6 is 11.6 Å². The number of rotatable bonds is 4. The summed E-state index contributed by atoms with van der Waals surface area (Å²) in [6.07, 6.45) is 4.74. The summed E-state index contributed by atoms with van der Waals surface area (Å²) in [5, 5.41) is 13.1. The lowest BCUT2D eigenvalue weighted by atomic mass is 10.0. The lowest BCUT2D eigenvalue weighted by Crippen LogP contribution is -2.06. The quantitative estimate of drug-likeness (QED) is 0.802. The third-order valence-electron chi connectivity index (χ3n) is 3.58. The zero-order chi connectivity index (χ0) is 15.9. The van der Waals surface area contributed by atoms with Crippen molar-refractivity contribution in [3.63, 3.8) is 0 Å². The number of hydrogen-bond acceptors (Lipinski definition) is 5. The molecule has 2 aromatic rings. The molecule has 22 heavy (non-hydrogen) atoms. The van der Waals surface area contributed by atoms with E-state index in [4.69, 9.17) is 16.1 Å². The number of aromatic nitrogens is 1. The summed E-state index contributed by atoms with van der Waals surface area (Å²) in [5.41, 5.74) is 1.27. The van der Waals surface area contributed by atoms with E-state index in [2.05, 4.69) is 5.16 Å². The van der Waals surface area contributed by atoms with Gasteiger partial charge in [-0.05, 0) is 25.0 Å². The van der Waals surface area contributed by atoms with Gasteiger partial charge in [0, 0.05) is 17.7 Å². The number of hydrogen-bond donors (Lipinski definition) is 0. The number of ketones is 1. The van der Waals surface area contributed by atoms with Gasteiger partial charge in [0.05, 0.1) is 37.5 Å². The van der Waals surface area contributed by atoms with Crippen LogP contribution in [-0.4, -0.2) is 21.4 Å². The molecular weight excluding hydrogens is 324 g/mol. The van der Waals surface area contributed by atoms with Gasteiger partial charge in [-0.3, -0.25) is 9.00 Å². The fraction of sp³-hybridized carbons (Fsp3) is 0.267. The van der Waals surface area contributed by atoms with Crippen LogP contribution in [-0.2, 0) is 10.8 Å². The van der Waals surface area contributed by atoms with Crippen LogP contribution in [0, 0.1) is 11.3 Å². The molecule has 1 aliphatic rings. The van der Waals surface area contributed by atoms with Crippen LogP contribution in [0.4, 0.5) is 0 Å². The van der Waals surface area contributed by atoms with Gasteiger partial charge in [-0.25, -0.2) is 0 Å². The van der Waals surface area contributed by atoms with Crippen molar-refractivity contribution in [2.75, 3.05) is 6.26 Å². The van der Waals surface area contributed by atoms with Gasteiger partial charge >= 0.3 is 0 Å². The smallest absolute Gasteiger partial charge is 0.199 e. The number of carbonyl (C=O) groups is 1. The van der Waals surface area contributed by atoms with Crippen LogP contribution in [0.3, 0.4) is 0 Å². The highest BCUT2D eigenvalue weighted by Gasteiger charge is 2.32. The fourth-order valence-electron chi connectivity index (χ4n) is 2.29. The lowest BCUT2D eigenvalue weighted by molar-refractivity contribution is 0.103. The van der Waals surface area contributed by atoms with Crippen LogP contribution in [0.2, 0.25) is 5.02 Å². The highest BCUT2D eigenvalue weighted by Crippen LogP contribution is 2.41. The second-order valence-electron chi connectivity index (χ2n) is 5.08. The monoisotopic (exact) mass is 334 g/mol. The molecule has 7 heteroatoms. The predicted octanol–water partition coefficient (Wildman–Crippen LogP) is 3.05. The van der Waals surface area contributed by atoms with Gasteiger partial charge in [0.2, 0.25) is 0 Å². The number of nitrogens with zero attached hydrogens (tertiary/aromatic N) is 2. The Morgan fingerprint density at radius 2 is 2.18 bits per heavy atom. The molecule has 0 saturated heterocycles. The Labute approximate surface area is 134 Å². The van der Waals surface area contributed by atoms with Crippen LogP contribution in [0.25, 0.3) is 0 Å². The SMILES string of the molecule is CS(=O)c1ccc(C(=O)c2conc2C2CC2)c(Cl)c1C#N. The van der Waals surface area contributed by atoms with Crippen molar-refractivity contribution in [3.8, 4) is 6.07 Å². The second-order valence-corrected chi connectivity index (χ2v) is 6.81. The van der Waals surface area contributed by atoms with E-state index >= 15 is 0 Å². The molecule has 3 rings (SSSR count). The van der Waals surface area contributed by atoms with Crippen molar-refractivity contribution < 1.29 is 13.5 Å². The van der Waals surface area contributed by atoms with Crippen molar-refractivity contribution in [1.29, 1.82) is 5.26 Å². The van der Waals surface area contributed by atoms with Gasteiger partial charge < -0.3 is 4.52 Å². The standard InChI is InChI=1S/C15H11ClN2O3S/c1-22(20)12-5-4-9(13(16)10(12)6-17)15(19)11-7-21-18-14(11)8-2-3-8/h4-5,7-8H,2-3H2,1H3. The van der Waals surface area contributed by atoms with Crippen LogP contribution in [0.5, 0.6) is 0 Å². The zero-order valence-corrected chi connectivity index (χ0v) is 13.2. The molecule has 1 fully saturated rings. The summed E-state index contributed by atoms with van der Waals surface area (Å²) in [6, 6.07) is 4.91. The number of halogens is 1. The molecule has 0 bridgehead atoms. The first kappa shape index (κ1) is 14.9. The van der Waals surface area contributed by atoms with Crippen molar-refractivity contribution in [3.05, 3.63) is 45.8 Å². The number of benzene rings is 1. The minimum Gasteiger partial charge on any atom is -0.364 e. The van der Waals surface area contributed by atoms with Crippen molar-refractivity contribution >= 4 is 28.2 Å². The number of nitriles is 1. The highest BCUT2D eigenvalue weighted by atomic mass is 35.5. The Hall–Kier alpha value is -1.97. The molecule has 1 aromatic heterocycles.